The number of halogens is 4. The summed E-state index contributed by atoms with van der Waals surface area (Å²) in [6.07, 6.45) is -3.81. The van der Waals surface area contributed by atoms with Crippen LogP contribution in [0.5, 0.6) is 11.5 Å². The molecule has 0 radical (unpaired) electrons. The third kappa shape index (κ3) is 8.27. The number of hydrogen-bond acceptors (Lipinski definition) is 4. The molecule has 9 heteroatoms. The lowest BCUT2D eigenvalue weighted by Crippen LogP contribution is -2.16. The summed E-state index contributed by atoms with van der Waals surface area (Å²) in [6.45, 7) is 2.66. The number of aryl methyl sites for hydroxylation is 1. The van der Waals surface area contributed by atoms with Crippen LogP contribution in [0.25, 0.3) is 10.9 Å². The number of nitrogens with one attached hydrogen (secondary N) is 2. The second kappa shape index (κ2) is 13.7. The van der Waals surface area contributed by atoms with Gasteiger partial charge in [-0.05, 0) is 62.0 Å². The first kappa shape index (κ1) is 29.7. The summed E-state index contributed by atoms with van der Waals surface area (Å²) < 4.78 is 48.7. The molecule has 0 aliphatic heterocycles. The fourth-order valence-electron chi connectivity index (χ4n) is 3.72. The zero-order chi connectivity index (χ0) is 26.1. The molecule has 37 heavy (non-hydrogen) atoms. The number of ether oxygens (including phenoxy) is 2. The van der Waals surface area contributed by atoms with E-state index in [1.807, 2.05) is 62.5 Å². The first-order valence-corrected chi connectivity index (χ1v) is 11.4. The highest BCUT2D eigenvalue weighted by molar-refractivity contribution is 5.86. The highest BCUT2D eigenvalue weighted by Crippen LogP contribution is 2.32. The minimum Gasteiger partial charge on any atom is -0.495 e. The van der Waals surface area contributed by atoms with E-state index in [1.165, 1.54) is 12.1 Å². The molecule has 1 unspecified atom stereocenters. The van der Waals surface area contributed by atoms with Gasteiger partial charge < -0.3 is 19.8 Å². The van der Waals surface area contributed by atoms with Crippen LogP contribution in [0.2, 0.25) is 0 Å². The standard InChI is InChI=1S/C17H18F3NO.C11H11NO2.ClH/c1-21-12-11-16(13-5-3-2-4-6-13)22-15-9-7-14(8-10-15)17(18,19)20;1-7-6-10(13)12-11-8(7)4-3-5-9(11)14-2;/h2-10,16,21H,11-12H2,1H3;3-6H,1-2H3,(H,12,13);1H. The number of pyridine rings is 1. The van der Waals surface area contributed by atoms with Gasteiger partial charge in [0.1, 0.15) is 17.6 Å². The van der Waals surface area contributed by atoms with E-state index in [4.69, 9.17) is 9.47 Å². The summed E-state index contributed by atoms with van der Waals surface area (Å²) in [4.78, 5) is 14.0. The topological polar surface area (TPSA) is 63.4 Å². The average Bonchev–Trinajstić information content (AvgIpc) is 2.87. The molecular weight excluding hydrogens is 505 g/mol. The van der Waals surface area contributed by atoms with Gasteiger partial charge >= 0.3 is 6.18 Å². The lowest BCUT2D eigenvalue weighted by molar-refractivity contribution is -0.137. The Hall–Kier alpha value is -3.49. The molecule has 0 aliphatic carbocycles. The Balaban J connectivity index is 0.000000277. The Morgan fingerprint density at radius 2 is 1.65 bits per heavy atom. The van der Waals surface area contributed by atoms with E-state index < -0.39 is 11.7 Å². The first-order valence-electron chi connectivity index (χ1n) is 11.4. The summed E-state index contributed by atoms with van der Waals surface area (Å²) in [5.41, 5.74) is 1.95. The maximum Gasteiger partial charge on any atom is 0.416 e. The van der Waals surface area contributed by atoms with Gasteiger partial charge in [0.2, 0.25) is 5.56 Å². The molecule has 0 spiro atoms. The smallest absolute Gasteiger partial charge is 0.416 e. The fraction of sp³-hybridized carbons (Fsp3) is 0.250. The predicted octanol–water partition coefficient (Wildman–Crippen LogP) is 6.70. The van der Waals surface area contributed by atoms with Gasteiger partial charge in [-0.3, -0.25) is 4.79 Å². The summed E-state index contributed by atoms with van der Waals surface area (Å²) in [7, 11) is 3.44. The van der Waals surface area contributed by atoms with Crippen LogP contribution in [-0.2, 0) is 6.18 Å². The van der Waals surface area contributed by atoms with Gasteiger partial charge in [-0.2, -0.15) is 13.2 Å². The molecule has 0 fully saturated rings. The van der Waals surface area contributed by atoms with Gasteiger partial charge in [-0.25, -0.2) is 0 Å². The van der Waals surface area contributed by atoms with Crippen LogP contribution in [-0.4, -0.2) is 25.7 Å². The molecule has 2 N–H and O–H groups in total. The zero-order valence-corrected chi connectivity index (χ0v) is 21.6. The Bertz CT molecular complexity index is 1310. The van der Waals surface area contributed by atoms with Crippen molar-refractivity contribution in [1.29, 1.82) is 0 Å². The maximum absolute atomic E-state index is 12.6. The molecule has 0 bridgehead atoms. The summed E-state index contributed by atoms with van der Waals surface area (Å²) in [5.74, 6) is 1.13. The zero-order valence-electron chi connectivity index (χ0n) is 20.8. The second-order valence-electron chi connectivity index (χ2n) is 8.13. The van der Waals surface area contributed by atoms with Gasteiger partial charge in [0.05, 0.1) is 18.2 Å². The van der Waals surface area contributed by atoms with Crippen molar-refractivity contribution < 1.29 is 22.6 Å². The van der Waals surface area contributed by atoms with E-state index >= 15 is 0 Å². The molecular formula is C28H30ClF3N2O3. The van der Waals surface area contributed by atoms with Gasteiger partial charge in [0.25, 0.3) is 0 Å². The van der Waals surface area contributed by atoms with E-state index in [2.05, 4.69) is 10.3 Å². The van der Waals surface area contributed by atoms with Crippen molar-refractivity contribution in [2.75, 3.05) is 20.7 Å². The minimum absolute atomic E-state index is 0. The Morgan fingerprint density at radius 3 is 2.24 bits per heavy atom. The quantitative estimate of drug-likeness (QED) is 0.277. The predicted molar refractivity (Wildman–Crippen MR) is 143 cm³/mol. The lowest BCUT2D eigenvalue weighted by atomic mass is 10.1. The number of H-pyrrole nitrogens is 1. The van der Waals surface area contributed by atoms with E-state index in [9.17, 15) is 18.0 Å². The van der Waals surface area contributed by atoms with Crippen molar-refractivity contribution in [3.63, 3.8) is 0 Å². The number of methoxy groups -OCH3 is 1. The number of alkyl halides is 3. The van der Waals surface area contributed by atoms with Crippen LogP contribution in [0.3, 0.4) is 0 Å². The minimum atomic E-state index is -4.33. The molecule has 1 aromatic heterocycles. The Labute approximate surface area is 220 Å². The monoisotopic (exact) mass is 534 g/mol. The van der Waals surface area contributed by atoms with Crippen molar-refractivity contribution in [3.05, 3.63) is 106 Å². The Kier molecular flexibility index (Phi) is 11.0. The number of benzene rings is 3. The van der Waals surface area contributed by atoms with Crippen molar-refractivity contribution in [1.82, 2.24) is 10.3 Å². The Morgan fingerprint density at radius 1 is 0.973 bits per heavy atom. The molecule has 1 atom stereocenters. The van der Waals surface area contributed by atoms with E-state index in [0.717, 1.165) is 47.1 Å². The van der Waals surface area contributed by atoms with Crippen LogP contribution in [0.1, 0.15) is 29.2 Å². The van der Waals surface area contributed by atoms with E-state index in [0.29, 0.717) is 11.5 Å². The second-order valence-corrected chi connectivity index (χ2v) is 8.13. The lowest BCUT2D eigenvalue weighted by Gasteiger charge is -2.20. The third-order valence-electron chi connectivity index (χ3n) is 5.55. The van der Waals surface area contributed by atoms with Crippen LogP contribution >= 0.6 is 12.4 Å². The molecule has 198 valence electrons. The maximum atomic E-state index is 12.6. The number of aromatic amines is 1. The number of aromatic nitrogens is 1. The van der Waals surface area contributed by atoms with Gasteiger partial charge in [-0.15, -0.1) is 12.4 Å². The first-order chi connectivity index (χ1) is 17.2. The van der Waals surface area contributed by atoms with Crippen LogP contribution in [0, 0.1) is 6.92 Å². The number of fused-ring (bicyclic) bond motifs is 1. The molecule has 0 amide bonds. The van der Waals surface area contributed by atoms with Crippen LogP contribution < -0.4 is 20.3 Å². The summed E-state index contributed by atoms with van der Waals surface area (Å²) >= 11 is 0. The highest BCUT2D eigenvalue weighted by atomic mass is 35.5. The van der Waals surface area contributed by atoms with Crippen molar-refractivity contribution in [2.24, 2.45) is 0 Å². The van der Waals surface area contributed by atoms with Gasteiger partial charge in [0.15, 0.2) is 0 Å². The van der Waals surface area contributed by atoms with Crippen LogP contribution in [0.4, 0.5) is 13.2 Å². The van der Waals surface area contributed by atoms with Crippen molar-refractivity contribution >= 4 is 23.3 Å². The molecule has 4 aromatic rings. The summed E-state index contributed by atoms with van der Waals surface area (Å²) in [6, 6.07) is 21.7. The van der Waals surface area contributed by atoms with E-state index in [-0.39, 0.29) is 24.1 Å². The molecule has 1 heterocycles. The number of para-hydroxylation sites is 1. The van der Waals surface area contributed by atoms with Gasteiger partial charge in [0, 0.05) is 17.9 Å². The van der Waals surface area contributed by atoms with Crippen LogP contribution in [0.15, 0.2) is 83.7 Å². The molecule has 4 rings (SSSR count). The van der Waals surface area contributed by atoms with E-state index in [1.54, 1.807) is 13.2 Å². The SMILES string of the molecule is CNCCC(Oc1ccc(C(F)(F)F)cc1)c1ccccc1.COc1cccc2c(C)cc(=O)[nH]c12.Cl. The number of rotatable bonds is 7. The molecule has 3 aromatic carbocycles. The summed E-state index contributed by atoms with van der Waals surface area (Å²) in [5, 5.41) is 4.07. The van der Waals surface area contributed by atoms with Crippen molar-refractivity contribution in [3.8, 4) is 11.5 Å². The highest BCUT2D eigenvalue weighted by Gasteiger charge is 2.30. The molecule has 5 nitrogen and oxygen atoms in total. The average molecular weight is 535 g/mol. The largest absolute Gasteiger partial charge is 0.495 e. The van der Waals surface area contributed by atoms with Crippen molar-refractivity contribution in [2.45, 2.75) is 25.6 Å². The normalized spacial score (nSPS) is 11.6. The fourth-order valence-corrected chi connectivity index (χ4v) is 3.72. The molecule has 0 saturated heterocycles. The molecule has 0 saturated carbocycles. The third-order valence-corrected chi connectivity index (χ3v) is 5.55. The van der Waals surface area contributed by atoms with Gasteiger partial charge in [-0.1, -0.05) is 42.5 Å². The number of hydrogen-bond donors (Lipinski definition) is 2. The molecule has 0 aliphatic rings.